The second-order valence-corrected chi connectivity index (χ2v) is 5.53. The van der Waals surface area contributed by atoms with Gasteiger partial charge in [-0.25, -0.2) is 4.98 Å². The van der Waals surface area contributed by atoms with Crippen LogP contribution in [0.15, 0.2) is 30.3 Å². The Morgan fingerprint density at radius 1 is 1.28 bits per heavy atom. The van der Waals surface area contributed by atoms with Crippen LogP contribution in [0.3, 0.4) is 0 Å². The number of aromatic nitrogens is 1. The van der Waals surface area contributed by atoms with Crippen LogP contribution in [0.1, 0.15) is 29.8 Å². The van der Waals surface area contributed by atoms with E-state index in [0.717, 1.165) is 18.0 Å². The Hall–Kier alpha value is -1.19. The number of hydrogen-bond acceptors (Lipinski definition) is 3. The van der Waals surface area contributed by atoms with Gasteiger partial charge in [0.15, 0.2) is 0 Å². The Labute approximate surface area is 113 Å². The van der Waals surface area contributed by atoms with E-state index in [1.165, 1.54) is 16.1 Å². The Balaban J connectivity index is 2.32. The molecule has 0 aliphatic rings. The summed E-state index contributed by atoms with van der Waals surface area (Å²) in [6.07, 6.45) is 1.15. The number of rotatable bonds is 5. The zero-order valence-corrected chi connectivity index (χ0v) is 12.1. The summed E-state index contributed by atoms with van der Waals surface area (Å²) in [7, 11) is 2.01. The first-order valence-corrected chi connectivity index (χ1v) is 7.25. The van der Waals surface area contributed by atoms with Gasteiger partial charge in [0.25, 0.3) is 0 Å². The first kappa shape index (κ1) is 13.2. The molecule has 1 heterocycles. The van der Waals surface area contributed by atoms with Crippen molar-refractivity contribution in [3.63, 3.8) is 0 Å². The number of nitrogens with zero attached hydrogens (tertiary/aromatic N) is 1. The van der Waals surface area contributed by atoms with E-state index < -0.39 is 0 Å². The number of aryl methyl sites for hydroxylation is 1. The van der Waals surface area contributed by atoms with Gasteiger partial charge in [-0.1, -0.05) is 37.3 Å². The van der Waals surface area contributed by atoms with Crippen molar-refractivity contribution in [3.8, 4) is 10.6 Å². The topological polar surface area (TPSA) is 24.9 Å². The summed E-state index contributed by atoms with van der Waals surface area (Å²) in [5, 5.41) is 4.41. The average Bonchev–Trinajstić information content (AvgIpc) is 2.79. The average molecular weight is 260 g/mol. The molecule has 1 atom stereocenters. The highest BCUT2D eigenvalue weighted by Crippen LogP contribution is 2.33. The van der Waals surface area contributed by atoms with Crippen molar-refractivity contribution in [1.82, 2.24) is 10.3 Å². The molecule has 0 amide bonds. The van der Waals surface area contributed by atoms with Crippen molar-refractivity contribution >= 4 is 11.3 Å². The van der Waals surface area contributed by atoms with Gasteiger partial charge < -0.3 is 5.32 Å². The maximum absolute atomic E-state index is 4.72. The minimum atomic E-state index is 0.574. The molecule has 0 aliphatic carbocycles. The van der Waals surface area contributed by atoms with Crippen LogP contribution in [0.25, 0.3) is 10.6 Å². The second-order valence-electron chi connectivity index (χ2n) is 4.50. The zero-order chi connectivity index (χ0) is 13.0. The smallest absolute Gasteiger partial charge is 0.123 e. The lowest BCUT2D eigenvalue weighted by Gasteiger charge is -2.12. The van der Waals surface area contributed by atoms with E-state index in [1.807, 2.05) is 24.5 Å². The summed E-state index contributed by atoms with van der Waals surface area (Å²) in [5.74, 6) is 0.574. The lowest BCUT2D eigenvalue weighted by Crippen LogP contribution is -2.16. The van der Waals surface area contributed by atoms with Gasteiger partial charge in [-0.05, 0) is 20.4 Å². The lowest BCUT2D eigenvalue weighted by molar-refractivity contribution is 0.616. The van der Waals surface area contributed by atoms with Gasteiger partial charge in [0.05, 0.1) is 5.69 Å². The molecule has 1 aromatic carbocycles. The Morgan fingerprint density at radius 3 is 2.61 bits per heavy atom. The van der Waals surface area contributed by atoms with E-state index in [4.69, 9.17) is 4.98 Å². The maximum atomic E-state index is 4.72. The Kier molecular flexibility index (Phi) is 4.50. The van der Waals surface area contributed by atoms with Crippen molar-refractivity contribution in [3.05, 3.63) is 40.9 Å². The van der Waals surface area contributed by atoms with Gasteiger partial charge in [0.1, 0.15) is 5.01 Å². The molecule has 0 saturated heterocycles. The van der Waals surface area contributed by atoms with Crippen LogP contribution in [0.5, 0.6) is 0 Å². The van der Waals surface area contributed by atoms with E-state index in [9.17, 15) is 0 Å². The van der Waals surface area contributed by atoms with E-state index >= 15 is 0 Å². The summed E-state index contributed by atoms with van der Waals surface area (Å²) in [5.41, 5.74) is 2.40. The van der Waals surface area contributed by atoms with Crippen molar-refractivity contribution < 1.29 is 0 Å². The van der Waals surface area contributed by atoms with Crippen LogP contribution in [0.2, 0.25) is 0 Å². The van der Waals surface area contributed by atoms with Gasteiger partial charge in [-0.15, -0.1) is 11.3 Å². The monoisotopic (exact) mass is 260 g/mol. The van der Waals surface area contributed by atoms with Gasteiger partial charge in [-0.3, -0.25) is 0 Å². The third-order valence-electron chi connectivity index (χ3n) is 3.17. The summed E-state index contributed by atoms with van der Waals surface area (Å²) < 4.78 is 0. The second kappa shape index (κ2) is 6.12. The van der Waals surface area contributed by atoms with Crippen LogP contribution >= 0.6 is 11.3 Å². The van der Waals surface area contributed by atoms with Crippen LogP contribution in [0, 0.1) is 6.92 Å². The number of hydrogen-bond donors (Lipinski definition) is 1. The molecule has 0 aliphatic heterocycles. The molecule has 0 radical (unpaired) electrons. The number of benzene rings is 1. The third kappa shape index (κ3) is 2.79. The minimum Gasteiger partial charge on any atom is -0.319 e. The third-order valence-corrected chi connectivity index (χ3v) is 4.54. The zero-order valence-electron chi connectivity index (χ0n) is 11.2. The largest absolute Gasteiger partial charge is 0.319 e. The molecule has 2 aromatic rings. The predicted molar refractivity (Wildman–Crippen MR) is 79.2 cm³/mol. The highest BCUT2D eigenvalue weighted by Gasteiger charge is 2.16. The van der Waals surface area contributed by atoms with E-state index in [0.29, 0.717) is 5.92 Å². The molecule has 0 bridgehead atoms. The molecule has 1 aromatic heterocycles. The molecule has 0 spiro atoms. The Bertz CT molecular complexity index is 490. The van der Waals surface area contributed by atoms with Crippen molar-refractivity contribution in [2.45, 2.75) is 26.2 Å². The van der Waals surface area contributed by atoms with Crippen molar-refractivity contribution in [2.24, 2.45) is 0 Å². The fraction of sp³-hybridized carbons (Fsp3) is 0.400. The van der Waals surface area contributed by atoms with Gasteiger partial charge in [0, 0.05) is 22.9 Å². The highest BCUT2D eigenvalue weighted by molar-refractivity contribution is 7.15. The first-order valence-electron chi connectivity index (χ1n) is 6.43. The van der Waals surface area contributed by atoms with Crippen LogP contribution in [0.4, 0.5) is 0 Å². The predicted octanol–water partition coefficient (Wildman–Crippen LogP) is 3.83. The molecular formula is C15H20N2S. The highest BCUT2D eigenvalue weighted by atomic mass is 32.1. The molecular weight excluding hydrogens is 240 g/mol. The van der Waals surface area contributed by atoms with E-state index in [2.05, 4.69) is 43.4 Å². The Morgan fingerprint density at radius 2 is 2.00 bits per heavy atom. The molecule has 1 N–H and O–H groups in total. The van der Waals surface area contributed by atoms with E-state index in [1.54, 1.807) is 0 Å². The van der Waals surface area contributed by atoms with Gasteiger partial charge in [0.2, 0.25) is 0 Å². The van der Waals surface area contributed by atoms with E-state index in [-0.39, 0.29) is 0 Å². The summed E-state index contributed by atoms with van der Waals surface area (Å²) in [6, 6.07) is 10.4. The SMILES string of the molecule is CCC(CNC)c1sc(-c2ccccc2)nc1C. The summed E-state index contributed by atoms with van der Waals surface area (Å²) >= 11 is 1.83. The van der Waals surface area contributed by atoms with Crippen LogP contribution < -0.4 is 5.32 Å². The number of thiazole rings is 1. The molecule has 2 rings (SSSR count). The number of likely N-dealkylation sites (N-methyl/N-ethyl adjacent to an activating group) is 1. The molecule has 0 fully saturated rings. The molecule has 18 heavy (non-hydrogen) atoms. The fourth-order valence-electron chi connectivity index (χ4n) is 2.16. The van der Waals surface area contributed by atoms with Crippen molar-refractivity contribution in [1.29, 1.82) is 0 Å². The van der Waals surface area contributed by atoms with Crippen LogP contribution in [-0.2, 0) is 0 Å². The van der Waals surface area contributed by atoms with Crippen molar-refractivity contribution in [2.75, 3.05) is 13.6 Å². The first-order chi connectivity index (χ1) is 8.76. The normalized spacial score (nSPS) is 12.6. The van der Waals surface area contributed by atoms with Gasteiger partial charge >= 0.3 is 0 Å². The minimum absolute atomic E-state index is 0.574. The quantitative estimate of drug-likeness (QED) is 0.883. The maximum Gasteiger partial charge on any atom is 0.123 e. The molecule has 1 unspecified atom stereocenters. The molecule has 3 heteroatoms. The molecule has 96 valence electrons. The fourth-order valence-corrected chi connectivity index (χ4v) is 3.41. The lowest BCUT2D eigenvalue weighted by atomic mass is 10.0. The molecule has 0 saturated carbocycles. The van der Waals surface area contributed by atoms with Gasteiger partial charge in [-0.2, -0.15) is 0 Å². The molecule has 2 nitrogen and oxygen atoms in total. The summed E-state index contributed by atoms with van der Waals surface area (Å²) in [4.78, 5) is 6.14. The van der Waals surface area contributed by atoms with Crippen LogP contribution in [-0.4, -0.2) is 18.6 Å². The number of nitrogens with one attached hydrogen (secondary N) is 1. The summed E-state index contributed by atoms with van der Waals surface area (Å²) in [6.45, 7) is 5.38. The standard InChI is InChI=1S/C15H20N2S/c1-4-12(10-16-3)14-11(2)17-15(18-14)13-8-6-5-7-9-13/h5-9,12,16H,4,10H2,1-3H3.